The summed E-state index contributed by atoms with van der Waals surface area (Å²) in [5.41, 5.74) is 11.6. The molecule has 4 aromatic rings. The number of amides is 1. The molecule has 34 heavy (non-hydrogen) atoms. The van der Waals surface area contributed by atoms with Gasteiger partial charge in [0.15, 0.2) is 0 Å². The molecule has 1 N–H and O–H groups in total. The third kappa shape index (κ3) is 4.17. The minimum absolute atomic E-state index is 0.122. The number of para-hydroxylation sites is 1. The van der Waals surface area contributed by atoms with Crippen LogP contribution in [0.25, 0.3) is 16.8 Å². The van der Waals surface area contributed by atoms with Gasteiger partial charge < -0.3 is 4.57 Å². The monoisotopic (exact) mass is 485 g/mol. The molecule has 0 fully saturated rings. The Hall–Kier alpha value is -3.28. The molecule has 0 saturated heterocycles. The zero-order valence-electron chi connectivity index (χ0n) is 19.0. The SMILES string of the molecule is Cc1cc(/C=N\NC(=O)CSC2c3ccccc3-c3ccccc32)c(C)n1-c1ccccc1Cl. The molecule has 4 nitrogen and oxygen atoms in total. The molecule has 3 aromatic carbocycles. The predicted molar refractivity (Wildman–Crippen MR) is 142 cm³/mol. The summed E-state index contributed by atoms with van der Waals surface area (Å²) >= 11 is 8.02. The average Bonchev–Trinajstić information content (AvgIpc) is 3.31. The van der Waals surface area contributed by atoms with Gasteiger partial charge in [-0.2, -0.15) is 5.10 Å². The molecule has 170 valence electrons. The normalized spacial score (nSPS) is 12.7. The number of nitrogens with one attached hydrogen (secondary N) is 1. The van der Waals surface area contributed by atoms with Crippen LogP contribution in [0.15, 0.2) is 84.0 Å². The van der Waals surface area contributed by atoms with E-state index in [1.165, 1.54) is 22.3 Å². The minimum Gasteiger partial charge on any atom is -0.316 e. The number of hydrogen-bond donors (Lipinski definition) is 1. The Morgan fingerprint density at radius 1 is 1.00 bits per heavy atom. The van der Waals surface area contributed by atoms with Gasteiger partial charge in [0.1, 0.15) is 0 Å². The summed E-state index contributed by atoms with van der Waals surface area (Å²) in [7, 11) is 0. The number of carbonyl (C=O) groups excluding carboxylic acids is 1. The number of hydrazone groups is 1. The Bertz CT molecular complexity index is 1360. The summed E-state index contributed by atoms with van der Waals surface area (Å²) in [4.78, 5) is 12.6. The Kier molecular flexibility index (Phi) is 6.31. The second kappa shape index (κ2) is 9.53. The third-order valence-corrected chi connectivity index (χ3v) is 7.70. The van der Waals surface area contributed by atoms with Crippen molar-refractivity contribution in [1.29, 1.82) is 0 Å². The van der Waals surface area contributed by atoms with E-state index in [1.807, 2.05) is 44.2 Å². The first kappa shape index (κ1) is 22.5. The first-order valence-corrected chi connectivity index (χ1v) is 12.5. The Morgan fingerprint density at radius 3 is 2.29 bits per heavy atom. The number of aromatic nitrogens is 1. The van der Waals surface area contributed by atoms with Gasteiger partial charge in [0.25, 0.3) is 0 Å². The fraction of sp³-hybridized carbons (Fsp3) is 0.143. The molecule has 1 amide bonds. The molecular weight excluding hydrogens is 462 g/mol. The Labute approximate surface area is 208 Å². The van der Waals surface area contributed by atoms with Crippen LogP contribution in [-0.2, 0) is 4.79 Å². The van der Waals surface area contributed by atoms with Gasteiger partial charge >= 0.3 is 0 Å². The number of aryl methyl sites for hydroxylation is 1. The van der Waals surface area contributed by atoms with Crippen molar-refractivity contribution in [3.8, 4) is 16.8 Å². The fourth-order valence-corrected chi connectivity index (χ4v) is 5.95. The van der Waals surface area contributed by atoms with E-state index in [2.05, 4.69) is 63.6 Å². The summed E-state index contributed by atoms with van der Waals surface area (Å²) in [6, 6.07) is 26.6. The highest BCUT2D eigenvalue weighted by atomic mass is 35.5. The second-order valence-corrected chi connectivity index (χ2v) is 9.77. The number of hydrogen-bond acceptors (Lipinski definition) is 3. The zero-order valence-corrected chi connectivity index (χ0v) is 20.5. The van der Waals surface area contributed by atoms with E-state index in [9.17, 15) is 4.79 Å². The van der Waals surface area contributed by atoms with Crippen LogP contribution in [-0.4, -0.2) is 22.4 Å². The van der Waals surface area contributed by atoms with Crippen LogP contribution in [0.1, 0.15) is 33.3 Å². The van der Waals surface area contributed by atoms with Crippen molar-refractivity contribution >= 4 is 35.5 Å². The van der Waals surface area contributed by atoms with Crippen molar-refractivity contribution in [1.82, 2.24) is 9.99 Å². The molecule has 0 spiro atoms. The van der Waals surface area contributed by atoms with E-state index in [1.54, 1.807) is 18.0 Å². The van der Waals surface area contributed by atoms with Crippen molar-refractivity contribution < 1.29 is 4.79 Å². The molecule has 1 aliphatic rings. The van der Waals surface area contributed by atoms with Crippen molar-refractivity contribution in [2.75, 3.05) is 5.75 Å². The van der Waals surface area contributed by atoms with Gasteiger partial charge in [0, 0.05) is 17.0 Å². The predicted octanol–water partition coefficient (Wildman–Crippen LogP) is 6.70. The Morgan fingerprint density at radius 2 is 1.62 bits per heavy atom. The summed E-state index contributed by atoms with van der Waals surface area (Å²) in [6.45, 7) is 4.05. The molecule has 0 bridgehead atoms. The van der Waals surface area contributed by atoms with Crippen molar-refractivity contribution in [2.45, 2.75) is 19.1 Å². The number of rotatable bonds is 6. The van der Waals surface area contributed by atoms with Crippen LogP contribution in [0.2, 0.25) is 5.02 Å². The number of fused-ring (bicyclic) bond motifs is 3. The van der Waals surface area contributed by atoms with Crippen LogP contribution in [0.3, 0.4) is 0 Å². The molecule has 0 radical (unpaired) electrons. The molecule has 5 rings (SSSR count). The number of carbonyl (C=O) groups is 1. The maximum atomic E-state index is 12.6. The minimum atomic E-state index is -0.122. The fourth-order valence-electron chi connectivity index (χ4n) is 4.58. The maximum Gasteiger partial charge on any atom is 0.250 e. The molecule has 0 unspecified atom stereocenters. The molecule has 0 atom stereocenters. The van der Waals surface area contributed by atoms with Gasteiger partial charge in [-0.15, -0.1) is 11.8 Å². The third-order valence-electron chi connectivity index (χ3n) is 6.11. The van der Waals surface area contributed by atoms with Crippen LogP contribution in [0, 0.1) is 13.8 Å². The lowest BCUT2D eigenvalue weighted by Crippen LogP contribution is -2.20. The first-order valence-electron chi connectivity index (χ1n) is 11.1. The molecule has 1 aromatic heterocycles. The van der Waals surface area contributed by atoms with E-state index in [0.717, 1.165) is 22.6 Å². The molecule has 6 heteroatoms. The lowest BCUT2D eigenvalue weighted by Gasteiger charge is -2.12. The summed E-state index contributed by atoms with van der Waals surface area (Å²) < 4.78 is 2.09. The Balaban J connectivity index is 1.25. The van der Waals surface area contributed by atoms with Gasteiger partial charge in [0.05, 0.1) is 27.9 Å². The van der Waals surface area contributed by atoms with Crippen molar-refractivity contribution in [3.05, 3.63) is 112 Å². The van der Waals surface area contributed by atoms with Gasteiger partial charge in [-0.25, -0.2) is 5.43 Å². The topological polar surface area (TPSA) is 46.4 Å². The zero-order chi connectivity index (χ0) is 23.7. The van der Waals surface area contributed by atoms with Crippen LogP contribution in [0.5, 0.6) is 0 Å². The van der Waals surface area contributed by atoms with Gasteiger partial charge in [-0.1, -0.05) is 72.3 Å². The lowest BCUT2D eigenvalue weighted by atomic mass is 10.1. The lowest BCUT2D eigenvalue weighted by molar-refractivity contribution is -0.118. The van der Waals surface area contributed by atoms with Crippen LogP contribution < -0.4 is 5.43 Å². The highest BCUT2D eigenvalue weighted by Gasteiger charge is 2.28. The number of thioether (sulfide) groups is 1. The maximum absolute atomic E-state index is 12.6. The average molecular weight is 486 g/mol. The second-order valence-electron chi connectivity index (χ2n) is 8.27. The number of nitrogens with zero attached hydrogens (tertiary/aromatic N) is 2. The molecule has 0 aliphatic heterocycles. The van der Waals surface area contributed by atoms with Crippen LogP contribution in [0.4, 0.5) is 0 Å². The van der Waals surface area contributed by atoms with E-state index >= 15 is 0 Å². The molecular formula is C28H24ClN3OS. The standard InChI is InChI=1S/C28H24ClN3OS/c1-18-15-20(19(2)32(18)26-14-8-7-13-25(26)29)16-30-31-27(33)17-34-28-23-11-5-3-9-21(23)22-10-4-6-12-24(22)28/h3-16,28H,17H2,1-2H3,(H,31,33)/b30-16-. The van der Waals surface area contributed by atoms with E-state index in [4.69, 9.17) is 11.6 Å². The summed E-state index contributed by atoms with van der Waals surface area (Å²) in [5, 5.41) is 5.06. The highest BCUT2D eigenvalue weighted by Crippen LogP contribution is 2.49. The van der Waals surface area contributed by atoms with Crippen LogP contribution >= 0.6 is 23.4 Å². The highest BCUT2D eigenvalue weighted by molar-refractivity contribution is 8.00. The number of halogens is 1. The van der Waals surface area contributed by atoms with Crippen molar-refractivity contribution in [2.24, 2.45) is 5.10 Å². The summed E-state index contributed by atoms with van der Waals surface area (Å²) in [6.07, 6.45) is 1.69. The van der Waals surface area contributed by atoms with Gasteiger partial charge in [-0.3, -0.25) is 4.79 Å². The van der Waals surface area contributed by atoms with E-state index < -0.39 is 0 Å². The molecule has 1 heterocycles. The van der Waals surface area contributed by atoms with Gasteiger partial charge in [0.2, 0.25) is 5.91 Å². The molecule has 0 saturated carbocycles. The largest absolute Gasteiger partial charge is 0.316 e. The van der Waals surface area contributed by atoms with Crippen molar-refractivity contribution in [3.63, 3.8) is 0 Å². The van der Waals surface area contributed by atoms with E-state index in [-0.39, 0.29) is 11.2 Å². The number of benzene rings is 3. The first-order chi connectivity index (χ1) is 16.5. The smallest absolute Gasteiger partial charge is 0.250 e. The van der Waals surface area contributed by atoms with Gasteiger partial charge in [-0.05, 0) is 54.3 Å². The van der Waals surface area contributed by atoms with E-state index in [0.29, 0.717) is 10.8 Å². The summed E-state index contributed by atoms with van der Waals surface area (Å²) in [5.74, 6) is 0.201. The molecule has 1 aliphatic carbocycles. The quantitative estimate of drug-likeness (QED) is 0.244.